The number of hydrogen-bond donors (Lipinski definition) is 4. The number of aliphatic carboxylic acids is 2. The number of carbonyl (C=O) groups is 3. The van der Waals surface area contributed by atoms with Gasteiger partial charge in [0.05, 0.1) is 12.5 Å². The molecule has 0 aliphatic carbocycles. The Hall–Kier alpha value is -3.33. The third-order valence-electron chi connectivity index (χ3n) is 7.33. The minimum absolute atomic E-state index is 0.187. The standard InChI is InChI=1S/C29H42N2O7/c1-8-29(9-2,19-11-13-22(18(4)15-19)38-17-24(32)28(5,6)7)23-14-12-21(31(23)10-3)26(35)30-20(27(36)37)16-25(33)34/h11-15,20,24,32H,8-10,16-17H2,1-7H3,(H,30,35)(H,33,34)(H,36,37)/t20-,24?/m0/s1. The van der Waals surface area contributed by atoms with Gasteiger partial charge in [-0.3, -0.25) is 9.59 Å². The van der Waals surface area contributed by atoms with Gasteiger partial charge in [0, 0.05) is 17.7 Å². The van der Waals surface area contributed by atoms with Crippen molar-refractivity contribution in [2.75, 3.05) is 6.61 Å². The maximum Gasteiger partial charge on any atom is 0.326 e. The van der Waals surface area contributed by atoms with Gasteiger partial charge in [0.15, 0.2) is 0 Å². The van der Waals surface area contributed by atoms with E-state index in [1.807, 2.05) is 57.4 Å². The minimum atomic E-state index is -1.53. The number of aliphatic hydroxyl groups is 1. The number of rotatable bonds is 13. The molecule has 1 heterocycles. The summed E-state index contributed by atoms with van der Waals surface area (Å²) in [4.78, 5) is 35.6. The molecule has 0 fully saturated rings. The smallest absolute Gasteiger partial charge is 0.326 e. The van der Waals surface area contributed by atoms with E-state index in [9.17, 15) is 24.6 Å². The van der Waals surface area contributed by atoms with Crippen LogP contribution in [-0.4, -0.2) is 56.5 Å². The lowest BCUT2D eigenvalue weighted by Gasteiger charge is -2.35. The first-order valence-electron chi connectivity index (χ1n) is 13.1. The fourth-order valence-electron chi connectivity index (χ4n) is 4.73. The monoisotopic (exact) mass is 530 g/mol. The molecule has 0 aliphatic rings. The zero-order valence-corrected chi connectivity index (χ0v) is 23.5. The third-order valence-corrected chi connectivity index (χ3v) is 7.33. The van der Waals surface area contributed by atoms with Crippen LogP contribution in [0.4, 0.5) is 0 Å². The van der Waals surface area contributed by atoms with Gasteiger partial charge in [-0.2, -0.15) is 0 Å². The van der Waals surface area contributed by atoms with Crippen molar-refractivity contribution in [1.82, 2.24) is 9.88 Å². The summed E-state index contributed by atoms with van der Waals surface area (Å²) in [6.45, 7) is 14.6. The van der Waals surface area contributed by atoms with Crippen LogP contribution in [0.2, 0.25) is 0 Å². The topological polar surface area (TPSA) is 138 Å². The van der Waals surface area contributed by atoms with Crippen molar-refractivity contribution in [2.24, 2.45) is 5.41 Å². The van der Waals surface area contributed by atoms with Crippen LogP contribution in [0.25, 0.3) is 0 Å². The van der Waals surface area contributed by atoms with Crippen LogP contribution in [0.3, 0.4) is 0 Å². The second-order valence-electron chi connectivity index (χ2n) is 10.8. The van der Waals surface area contributed by atoms with Crippen molar-refractivity contribution in [2.45, 2.75) is 91.8 Å². The Kier molecular flexibility index (Phi) is 10.1. The molecule has 0 aliphatic heterocycles. The van der Waals surface area contributed by atoms with E-state index < -0.39 is 41.8 Å². The Labute approximate surface area is 224 Å². The Morgan fingerprint density at radius 2 is 1.66 bits per heavy atom. The summed E-state index contributed by atoms with van der Waals surface area (Å²) in [6, 6.07) is 8.02. The molecule has 1 aromatic heterocycles. The lowest BCUT2D eigenvalue weighted by atomic mass is 9.72. The molecule has 0 saturated carbocycles. The molecule has 0 saturated heterocycles. The van der Waals surface area contributed by atoms with Gasteiger partial charge < -0.3 is 29.9 Å². The molecule has 4 N–H and O–H groups in total. The van der Waals surface area contributed by atoms with Crippen molar-refractivity contribution in [3.05, 3.63) is 52.8 Å². The van der Waals surface area contributed by atoms with Gasteiger partial charge in [0.1, 0.15) is 24.1 Å². The van der Waals surface area contributed by atoms with Crippen LogP contribution in [0.5, 0.6) is 5.75 Å². The Morgan fingerprint density at radius 3 is 2.13 bits per heavy atom. The molecule has 1 aromatic carbocycles. The zero-order valence-electron chi connectivity index (χ0n) is 23.5. The van der Waals surface area contributed by atoms with Crippen molar-refractivity contribution in [1.29, 1.82) is 0 Å². The van der Waals surface area contributed by atoms with E-state index in [0.29, 0.717) is 12.3 Å². The summed E-state index contributed by atoms with van der Waals surface area (Å²) < 4.78 is 7.79. The molecule has 1 amide bonds. The van der Waals surface area contributed by atoms with Gasteiger partial charge >= 0.3 is 11.9 Å². The van der Waals surface area contributed by atoms with E-state index in [4.69, 9.17) is 9.84 Å². The molecule has 2 rings (SSSR count). The minimum Gasteiger partial charge on any atom is -0.491 e. The van der Waals surface area contributed by atoms with E-state index in [0.717, 1.165) is 29.7 Å². The molecule has 9 nitrogen and oxygen atoms in total. The molecule has 0 radical (unpaired) electrons. The number of aryl methyl sites for hydroxylation is 1. The number of hydrogen-bond acceptors (Lipinski definition) is 5. The number of ether oxygens (including phenoxy) is 1. The van der Waals surface area contributed by atoms with Gasteiger partial charge in [-0.05, 0) is 61.4 Å². The van der Waals surface area contributed by atoms with Crippen molar-refractivity contribution in [3.63, 3.8) is 0 Å². The van der Waals surface area contributed by atoms with E-state index in [1.54, 1.807) is 6.07 Å². The molecular weight excluding hydrogens is 488 g/mol. The first-order chi connectivity index (χ1) is 17.7. The summed E-state index contributed by atoms with van der Waals surface area (Å²) in [7, 11) is 0. The van der Waals surface area contributed by atoms with Crippen LogP contribution in [0, 0.1) is 12.3 Å². The number of amides is 1. The largest absolute Gasteiger partial charge is 0.491 e. The average Bonchev–Trinajstić information content (AvgIpc) is 3.27. The van der Waals surface area contributed by atoms with E-state index >= 15 is 0 Å². The SMILES string of the molecule is CCn1c(C(=O)N[C@@H](CC(=O)O)C(=O)O)ccc1C(CC)(CC)c1ccc(OCC(O)C(C)(C)C)c(C)c1. The van der Waals surface area contributed by atoms with Crippen LogP contribution >= 0.6 is 0 Å². The zero-order chi connectivity index (χ0) is 28.8. The second-order valence-corrected chi connectivity index (χ2v) is 10.8. The molecule has 0 bridgehead atoms. The number of carbonyl (C=O) groups excluding carboxylic acids is 1. The van der Waals surface area contributed by atoms with Gasteiger partial charge in [-0.25, -0.2) is 4.79 Å². The van der Waals surface area contributed by atoms with Gasteiger partial charge in [-0.15, -0.1) is 0 Å². The predicted molar refractivity (Wildman–Crippen MR) is 145 cm³/mol. The van der Waals surface area contributed by atoms with Gasteiger partial charge in [0.25, 0.3) is 5.91 Å². The quantitative estimate of drug-likeness (QED) is 0.302. The van der Waals surface area contributed by atoms with Gasteiger partial charge in [-0.1, -0.05) is 46.8 Å². The van der Waals surface area contributed by atoms with E-state index in [2.05, 4.69) is 25.2 Å². The van der Waals surface area contributed by atoms with Crippen LogP contribution in [-0.2, 0) is 21.5 Å². The lowest BCUT2D eigenvalue weighted by Crippen LogP contribution is -2.43. The maximum atomic E-state index is 13.0. The molecule has 1 unspecified atom stereocenters. The first kappa shape index (κ1) is 30.9. The molecule has 2 atom stereocenters. The fraction of sp³-hybridized carbons (Fsp3) is 0.552. The summed E-state index contributed by atoms with van der Waals surface area (Å²) in [5, 5.41) is 31.1. The van der Waals surface area contributed by atoms with Crippen molar-refractivity contribution < 1.29 is 34.4 Å². The summed E-state index contributed by atoms with van der Waals surface area (Å²) in [5.74, 6) is -2.65. The summed E-state index contributed by atoms with van der Waals surface area (Å²) in [6.07, 6.45) is 0.164. The molecule has 0 spiro atoms. The highest BCUT2D eigenvalue weighted by Gasteiger charge is 2.36. The number of carboxylic acids is 2. The molecule has 9 heteroatoms. The number of aliphatic hydroxyl groups excluding tert-OH is 1. The number of nitrogens with one attached hydrogen (secondary N) is 1. The average molecular weight is 531 g/mol. The summed E-state index contributed by atoms with van der Waals surface area (Å²) in [5.41, 5.74) is 2.45. The molecule has 210 valence electrons. The van der Waals surface area contributed by atoms with E-state index in [1.165, 1.54) is 0 Å². The fourth-order valence-corrected chi connectivity index (χ4v) is 4.73. The van der Waals surface area contributed by atoms with E-state index in [-0.39, 0.29) is 17.7 Å². The highest BCUT2D eigenvalue weighted by molar-refractivity contribution is 5.96. The number of aromatic nitrogens is 1. The maximum absolute atomic E-state index is 13.0. The number of nitrogens with zero attached hydrogens (tertiary/aromatic N) is 1. The summed E-state index contributed by atoms with van der Waals surface area (Å²) >= 11 is 0. The van der Waals surface area contributed by atoms with Crippen LogP contribution < -0.4 is 10.1 Å². The Bertz CT molecular complexity index is 1140. The third kappa shape index (κ3) is 6.75. The highest BCUT2D eigenvalue weighted by atomic mass is 16.5. The molecule has 38 heavy (non-hydrogen) atoms. The molecule has 2 aromatic rings. The Morgan fingerprint density at radius 1 is 1.03 bits per heavy atom. The lowest BCUT2D eigenvalue weighted by molar-refractivity contribution is -0.145. The normalized spacial score (nSPS) is 13.6. The van der Waals surface area contributed by atoms with Gasteiger partial charge in [0.2, 0.25) is 0 Å². The second kappa shape index (κ2) is 12.5. The highest BCUT2D eigenvalue weighted by Crippen LogP contribution is 2.41. The molecular formula is C29H42N2O7. The number of carboxylic acid groups (broad SMARTS) is 2. The number of benzene rings is 1. The van der Waals surface area contributed by atoms with Crippen LogP contribution in [0.1, 0.15) is 88.1 Å². The van der Waals surface area contributed by atoms with Crippen LogP contribution in [0.15, 0.2) is 30.3 Å². The predicted octanol–water partition coefficient (Wildman–Crippen LogP) is 4.37. The Balaban J connectivity index is 2.44. The first-order valence-corrected chi connectivity index (χ1v) is 13.1. The van der Waals surface area contributed by atoms with Crippen molar-refractivity contribution >= 4 is 17.8 Å². The van der Waals surface area contributed by atoms with Crippen molar-refractivity contribution in [3.8, 4) is 5.75 Å².